The van der Waals surface area contributed by atoms with Crippen LogP contribution in [0.2, 0.25) is 0 Å². The van der Waals surface area contributed by atoms with E-state index < -0.39 is 4.92 Å². The standard InChI is InChI=1S/C26H26N4O5/c1-35-21-8-5-17(6-9-21)13-27-22-10-7-19(12-24(22)30(33)34)26(32)28-14-18-11-20(16-28)23-3-2-4-25(31)29(23)15-18/h2-10,12,18,20,27H,11,13-16H2,1H3. The normalized spacial score (nSPS) is 18.5. The fraction of sp³-hybridized carbons (Fsp3) is 0.308. The summed E-state index contributed by atoms with van der Waals surface area (Å²) >= 11 is 0. The van der Waals surface area contributed by atoms with Crippen molar-refractivity contribution < 1.29 is 14.5 Å². The maximum Gasteiger partial charge on any atom is 0.293 e. The molecule has 0 spiro atoms. The number of nitro benzene ring substituents is 1. The van der Waals surface area contributed by atoms with Gasteiger partial charge in [-0.3, -0.25) is 19.7 Å². The van der Waals surface area contributed by atoms with Crippen LogP contribution in [-0.4, -0.2) is 40.5 Å². The molecule has 0 radical (unpaired) electrons. The van der Waals surface area contributed by atoms with Gasteiger partial charge in [0, 0.05) is 55.5 Å². The molecule has 180 valence electrons. The van der Waals surface area contributed by atoms with Gasteiger partial charge >= 0.3 is 0 Å². The molecule has 35 heavy (non-hydrogen) atoms. The zero-order chi connectivity index (χ0) is 24.5. The Morgan fingerprint density at radius 1 is 1.11 bits per heavy atom. The average molecular weight is 475 g/mol. The molecule has 9 nitrogen and oxygen atoms in total. The molecule has 1 amide bonds. The number of carbonyl (C=O) groups excluding carboxylic acids is 1. The van der Waals surface area contributed by atoms with Crippen molar-refractivity contribution in [2.24, 2.45) is 5.92 Å². The van der Waals surface area contributed by atoms with Crippen LogP contribution >= 0.6 is 0 Å². The molecule has 3 heterocycles. The predicted molar refractivity (Wildman–Crippen MR) is 131 cm³/mol. The molecular formula is C26H26N4O5. The Morgan fingerprint density at radius 2 is 1.91 bits per heavy atom. The van der Waals surface area contributed by atoms with Crippen LogP contribution < -0.4 is 15.6 Å². The molecule has 9 heteroatoms. The third kappa shape index (κ3) is 4.49. The molecule has 1 N–H and O–H groups in total. The Bertz CT molecular complexity index is 1330. The number of piperidine rings is 1. The predicted octanol–water partition coefficient (Wildman–Crippen LogP) is 3.64. The Labute approximate surface area is 202 Å². The van der Waals surface area contributed by atoms with E-state index in [0.717, 1.165) is 23.4 Å². The van der Waals surface area contributed by atoms with E-state index in [4.69, 9.17) is 4.74 Å². The summed E-state index contributed by atoms with van der Waals surface area (Å²) in [6, 6.07) is 17.3. The molecule has 2 aromatic carbocycles. The van der Waals surface area contributed by atoms with Gasteiger partial charge in [0.1, 0.15) is 11.4 Å². The molecule has 0 saturated carbocycles. The lowest BCUT2D eigenvalue weighted by atomic mass is 9.83. The Morgan fingerprint density at radius 3 is 2.66 bits per heavy atom. The maximum atomic E-state index is 13.3. The zero-order valence-electron chi connectivity index (χ0n) is 19.3. The summed E-state index contributed by atoms with van der Waals surface area (Å²) in [4.78, 5) is 38.7. The third-order valence-electron chi connectivity index (χ3n) is 6.85. The highest BCUT2D eigenvalue weighted by Crippen LogP contribution is 2.36. The number of anilines is 1. The van der Waals surface area contributed by atoms with Crippen LogP contribution in [0.5, 0.6) is 5.75 Å². The van der Waals surface area contributed by atoms with Gasteiger partial charge in [0.05, 0.1) is 12.0 Å². The van der Waals surface area contributed by atoms with Crippen molar-refractivity contribution in [3.8, 4) is 5.75 Å². The molecule has 2 aliphatic heterocycles. The van der Waals surface area contributed by atoms with Gasteiger partial charge in [-0.2, -0.15) is 0 Å². The van der Waals surface area contributed by atoms with Crippen molar-refractivity contribution in [2.45, 2.75) is 25.4 Å². The van der Waals surface area contributed by atoms with Crippen molar-refractivity contribution in [3.63, 3.8) is 0 Å². The monoisotopic (exact) mass is 474 g/mol. The highest BCUT2D eigenvalue weighted by Gasteiger charge is 2.36. The van der Waals surface area contributed by atoms with Crippen LogP contribution in [0.3, 0.4) is 0 Å². The van der Waals surface area contributed by atoms with E-state index in [1.54, 1.807) is 36.3 Å². The molecular weight excluding hydrogens is 448 g/mol. The lowest BCUT2D eigenvalue weighted by Gasteiger charge is -2.42. The number of carbonyl (C=O) groups is 1. The molecule has 2 unspecified atom stereocenters. The van der Waals surface area contributed by atoms with E-state index in [2.05, 4.69) is 5.32 Å². The summed E-state index contributed by atoms with van der Waals surface area (Å²) in [5.41, 5.74) is 2.39. The van der Waals surface area contributed by atoms with Crippen molar-refractivity contribution in [3.05, 3.63) is 98.0 Å². The average Bonchev–Trinajstić information content (AvgIpc) is 2.87. The van der Waals surface area contributed by atoms with Crippen LogP contribution in [0.1, 0.15) is 34.0 Å². The third-order valence-corrected chi connectivity index (χ3v) is 6.85. The highest BCUT2D eigenvalue weighted by molar-refractivity contribution is 5.96. The van der Waals surface area contributed by atoms with Gasteiger partial charge < -0.3 is 19.5 Å². The van der Waals surface area contributed by atoms with Gasteiger partial charge in [0.15, 0.2) is 0 Å². The van der Waals surface area contributed by atoms with Crippen LogP contribution in [0.25, 0.3) is 0 Å². The number of ether oxygens (including phenoxy) is 1. The molecule has 2 atom stereocenters. The molecule has 0 aliphatic carbocycles. The fourth-order valence-corrected chi connectivity index (χ4v) is 5.15. The summed E-state index contributed by atoms with van der Waals surface area (Å²) in [7, 11) is 1.59. The first-order valence-corrected chi connectivity index (χ1v) is 11.6. The van der Waals surface area contributed by atoms with Gasteiger partial charge in [0.2, 0.25) is 0 Å². The van der Waals surface area contributed by atoms with Crippen molar-refractivity contribution in [1.29, 1.82) is 0 Å². The molecule has 1 fully saturated rings. The van der Waals surface area contributed by atoms with E-state index in [1.807, 2.05) is 34.9 Å². The molecule has 1 aromatic heterocycles. The molecule has 5 rings (SSSR count). The first-order valence-electron chi connectivity index (χ1n) is 11.6. The maximum absolute atomic E-state index is 13.3. The Hall–Kier alpha value is -4.14. The number of fused-ring (bicyclic) bond motifs is 4. The first kappa shape index (κ1) is 22.6. The Balaban J connectivity index is 1.33. The van der Waals surface area contributed by atoms with Gasteiger partial charge in [-0.05, 0) is 48.2 Å². The smallest absolute Gasteiger partial charge is 0.293 e. The number of nitrogens with zero attached hydrogens (tertiary/aromatic N) is 3. The van der Waals surface area contributed by atoms with E-state index in [-0.39, 0.29) is 34.6 Å². The largest absolute Gasteiger partial charge is 0.497 e. The van der Waals surface area contributed by atoms with Gasteiger partial charge in [0.25, 0.3) is 17.2 Å². The second-order valence-electron chi connectivity index (χ2n) is 9.10. The quantitative estimate of drug-likeness (QED) is 0.432. The SMILES string of the molecule is COc1ccc(CNc2ccc(C(=O)N3CC4CC(C3)c3cccc(=O)n3C4)cc2[N+](=O)[O-])cc1. The van der Waals surface area contributed by atoms with Crippen molar-refractivity contribution in [2.75, 3.05) is 25.5 Å². The summed E-state index contributed by atoms with van der Waals surface area (Å²) < 4.78 is 6.97. The van der Waals surface area contributed by atoms with Gasteiger partial charge in [-0.25, -0.2) is 0 Å². The number of aromatic nitrogens is 1. The number of methoxy groups -OCH3 is 1. The second-order valence-corrected chi connectivity index (χ2v) is 9.10. The summed E-state index contributed by atoms with van der Waals surface area (Å²) in [6.45, 7) is 2.00. The highest BCUT2D eigenvalue weighted by atomic mass is 16.6. The first-order chi connectivity index (χ1) is 16.9. The van der Waals surface area contributed by atoms with Crippen LogP contribution in [-0.2, 0) is 13.1 Å². The van der Waals surface area contributed by atoms with Crippen LogP contribution in [0.4, 0.5) is 11.4 Å². The molecule has 3 aromatic rings. The van der Waals surface area contributed by atoms with Gasteiger partial charge in [-0.1, -0.05) is 18.2 Å². The number of benzene rings is 2. The summed E-state index contributed by atoms with van der Waals surface area (Å²) in [5.74, 6) is 0.780. The summed E-state index contributed by atoms with van der Waals surface area (Å²) in [5, 5.41) is 14.9. The molecule has 2 bridgehead atoms. The number of amides is 1. The van der Waals surface area contributed by atoms with Crippen LogP contribution in [0, 0.1) is 16.0 Å². The number of hydrogen-bond donors (Lipinski definition) is 1. The second kappa shape index (κ2) is 9.25. The van der Waals surface area contributed by atoms with E-state index >= 15 is 0 Å². The topological polar surface area (TPSA) is 107 Å². The van der Waals surface area contributed by atoms with E-state index in [0.29, 0.717) is 31.9 Å². The van der Waals surface area contributed by atoms with E-state index in [9.17, 15) is 19.7 Å². The zero-order valence-corrected chi connectivity index (χ0v) is 19.3. The number of likely N-dealkylation sites (tertiary alicyclic amines) is 1. The van der Waals surface area contributed by atoms with E-state index in [1.165, 1.54) is 6.07 Å². The molecule has 2 aliphatic rings. The van der Waals surface area contributed by atoms with Crippen molar-refractivity contribution in [1.82, 2.24) is 9.47 Å². The number of rotatable bonds is 6. The van der Waals surface area contributed by atoms with Crippen LogP contribution in [0.15, 0.2) is 65.5 Å². The minimum Gasteiger partial charge on any atom is -0.497 e. The molecule has 1 saturated heterocycles. The number of hydrogen-bond acceptors (Lipinski definition) is 6. The van der Waals surface area contributed by atoms with Gasteiger partial charge in [-0.15, -0.1) is 0 Å². The summed E-state index contributed by atoms with van der Waals surface area (Å²) in [6.07, 6.45) is 0.932. The number of nitrogens with one attached hydrogen (secondary N) is 1. The lowest BCUT2D eigenvalue weighted by Crippen LogP contribution is -2.49. The Kier molecular flexibility index (Phi) is 5.98. The lowest BCUT2D eigenvalue weighted by molar-refractivity contribution is -0.384. The van der Waals surface area contributed by atoms with Crippen molar-refractivity contribution >= 4 is 17.3 Å². The fourth-order valence-electron chi connectivity index (χ4n) is 5.15. The minimum atomic E-state index is -0.471. The number of pyridine rings is 1. The minimum absolute atomic E-state index is 0.00895. The number of nitro groups is 1.